The van der Waals surface area contributed by atoms with Crippen LogP contribution in [0.4, 0.5) is 0 Å². The van der Waals surface area contributed by atoms with Gasteiger partial charge in [0.15, 0.2) is 0 Å². The average Bonchev–Trinajstić information content (AvgIpc) is 2.78. The molecular weight excluding hydrogens is 188 g/mol. The molecule has 1 aromatic rings. The van der Waals surface area contributed by atoms with Crippen LogP contribution in [0.1, 0.15) is 26.0 Å². The minimum absolute atomic E-state index is 0.298. The lowest BCUT2D eigenvalue weighted by Crippen LogP contribution is -2.16. The zero-order chi connectivity index (χ0) is 10.7. The summed E-state index contributed by atoms with van der Waals surface area (Å²) >= 11 is 0. The van der Waals surface area contributed by atoms with Crippen molar-refractivity contribution in [3.05, 3.63) is 30.1 Å². The second-order valence-electron chi connectivity index (χ2n) is 3.91. The third-order valence-corrected chi connectivity index (χ3v) is 2.86. The van der Waals surface area contributed by atoms with Gasteiger partial charge in [0.1, 0.15) is 12.3 Å². The summed E-state index contributed by atoms with van der Waals surface area (Å²) in [7, 11) is 0. The molecule has 0 fully saturated rings. The molecule has 3 nitrogen and oxygen atoms in total. The van der Waals surface area contributed by atoms with Gasteiger partial charge in [0.25, 0.3) is 0 Å². The summed E-state index contributed by atoms with van der Waals surface area (Å²) < 4.78 is 5.56. The summed E-state index contributed by atoms with van der Waals surface area (Å²) in [6, 6.07) is 6.07. The Labute approximate surface area is 90.2 Å². The third-order valence-electron chi connectivity index (χ3n) is 2.86. The first-order valence-corrected chi connectivity index (χ1v) is 5.43. The molecule has 2 rings (SSSR count). The van der Waals surface area contributed by atoms with Gasteiger partial charge in [-0.2, -0.15) is 0 Å². The summed E-state index contributed by atoms with van der Waals surface area (Å²) in [6.45, 7) is 5.08. The highest BCUT2D eigenvalue weighted by Gasteiger charge is 2.24. The summed E-state index contributed by atoms with van der Waals surface area (Å²) in [5.74, 6) is 1.27. The van der Waals surface area contributed by atoms with E-state index in [9.17, 15) is 0 Å². The van der Waals surface area contributed by atoms with Crippen LogP contribution in [0.2, 0.25) is 0 Å². The van der Waals surface area contributed by atoms with E-state index >= 15 is 0 Å². The largest absolute Gasteiger partial charge is 0.474 e. The van der Waals surface area contributed by atoms with Crippen molar-refractivity contribution in [2.45, 2.75) is 26.3 Å². The lowest BCUT2D eigenvalue weighted by molar-refractivity contribution is 0.282. The van der Waals surface area contributed by atoms with Crippen LogP contribution in [0.15, 0.2) is 29.4 Å². The second-order valence-corrected chi connectivity index (χ2v) is 3.91. The maximum Gasteiger partial charge on any atom is 0.235 e. The van der Waals surface area contributed by atoms with Gasteiger partial charge in [0, 0.05) is 6.20 Å². The van der Waals surface area contributed by atoms with Crippen LogP contribution in [-0.4, -0.2) is 23.5 Å². The molecule has 0 amide bonds. The Morgan fingerprint density at radius 2 is 2.40 bits per heavy atom. The van der Waals surface area contributed by atoms with Crippen LogP contribution in [0.5, 0.6) is 0 Å². The van der Waals surface area contributed by atoms with E-state index in [0.717, 1.165) is 12.1 Å². The van der Waals surface area contributed by atoms with Gasteiger partial charge in [-0.15, -0.1) is 0 Å². The van der Waals surface area contributed by atoms with Crippen molar-refractivity contribution in [1.82, 2.24) is 4.98 Å². The molecular formula is C12H16N2O. The Kier molecular flexibility index (Phi) is 2.99. The summed E-state index contributed by atoms with van der Waals surface area (Å²) in [5, 5.41) is 0. The Morgan fingerprint density at radius 1 is 1.53 bits per heavy atom. The van der Waals surface area contributed by atoms with Gasteiger partial charge >= 0.3 is 0 Å². The lowest BCUT2D eigenvalue weighted by Gasteiger charge is -2.11. The molecule has 0 N–H and O–H groups in total. The average molecular weight is 204 g/mol. The van der Waals surface area contributed by atoms with E-state index in [4.69, 9.17) is 4.74 Å². The summed E-state index contributed by atoms with van der Waals surface area (Å²) in [6.07, 6.45) is 2.89. The molecule has 0 spiro atoms. The highest BCUT2D eigenvalue weighted by atomic mass is 16.5. The summed E-state index contributed by atoms with van der Waals surface area (Å²) in [4.78, 5) is 8.79. The van der Waals surface area contributed by atoms with E-state index < -0.39 is 0 Å². The Balaban J connectivity index is 2.13. The fourth-order valence-electron chi connectivity index (χ4n) is 1.58. The molecule has 0 radical (unpaired) electrons. The fraction of sp³-hybridized carbons (Fsp3) is 0.500. The topological polar surface area (TPSA) is 34.5 Å². The number of aliphatic imine (C=N–C) groups is 1. The van der Waals surface area contributed by atoms with Gasteiger partial charge in [-0.05, 0) is 18.1 Å². The predicted octanol–water partition coefficient (Wildman–Crippen LogP) is 2.27. The number of pyridine rings is 1. The SMILES string of the molecule is CCC(C)C1COC(c2ccccn2)=N1. The van der Waals surface area contributed by atoms with E-state index in [2.05, 4.69) is 23.8 Å². The Morgan fingerprint density at radius 3 is 3.07 bits per heavy atom. The van der Waals surface area contributed by atoms with Crippen LogP contribution in [0, 0.1) is 5.92 Å². The number of aromatic nitrogens is 1. The van der Waals surface area contributed by atoms with Gasteiger partial charge in [0.2, 0.25) is 5.90 Å². The Hall–Kier alpha value is -1.38. The molecule has 3 heteroatoms. The van der Waals surface area contributed by atoms with Gasteiger partial charge in [-0.3, -0.25) is 4.98 Å². The monoisotopic (exact) mass is 204 g/mol. The number of rotatable bonds is 3. The molecule has 1 aliphatic heterocycles. The normalized spacial score (nSPS) is 22.0. The molecule has 2 unspecified atom stereocenters. The molecule has 0 saturated heterocycles. The van der Waals surface area contributed by atoms with Crippen LogP contribution < -0.4 is 0 Å². The van der Waals surface area contributed by atoms with E-state index in [1.165, 1.54) is 0 Å². The van der Waals surface area contributed by atoms with Crippen molar-refractivity contribution in [2.24, 2.45) is 10.9 Å². The van der Waals surface area contributed by atoms with Crippen molar-refractivity contribution >= 4 is 5.90 Å². The molecule has 0 aliphatic carbocycles. The van der Waals surface area contributed by atoms with Gasteiger partial charge in [-0.1, -0.05) is 26.3 Å². The molecule has 0 bridgehead atoms. The van der Waals surface area contributed by atoms with E-state index in [-0.39, 0.29) is 0 Å². The van der Waals surface area contributed by atoms with Crippen LogP contribution in [0.25, 0.3) is 0 Å². The van der Waals surface area contributed by atoms with Crippen molar-refractivity contribution in [3.8, 4) is 0 Å². The van der Waals surface area contributed by atoms with Crippen molar-refractivity contribution < 1.29 is 4.74 Å². The number of hydrogen-bond donors (Lipinski definition) is 0. The standard InChI is InChI=1S/C12H16N2O/c1-3-9(2)11-8-15-12(14-11)10-6-4-5-7-13-10/h4-7,9,11H,3,8H2,1-2H3. The first-order valence-electron chi connectivity index (χ1n) is 5.43. The minimum Gasteiger partial charge on any atom is -0.474 e. The number of nitrogens with zero attached hydrogens (tertiary/aromatic N) is 2. The fourth-order valence-corrected chi connectivity index (χ4v) is 1.58. The number of ether oxygens (including phenoxy) is 1. The molecule has 0 aromatic carbocycles. The number of hydrogen-bond acceptors (Lipinski definition) is 3. The van der Waals surface area contributed by atoms with Crippen LogP contribution in [-0.2, 0) is 4.74 Å². The zero-order valence-corrected chi connectivity index (χ0v) is 9.18. The molecule has 15 heavy (non-hydrogen) atoms. The lowest BCUT2D eigenvalue weighted by atomic mass is 10.0. The van der Waals surface area contributed by atoms with Crippen LogP contribution in [0.3, 0.4) is 0 Å². The quantitative estimate of drug-likeness (QED) is 0.757. The molecule has 1 aromatic heterocycles. The van der Waals surface area contributed by atoms with E-state index in [1.807, 2.05) is 18.2 Å². The first-order chi connectivity index (χ1) is 7.31. The highest BCUT2D eigenvalue weighted by molar-refractivity contribution is 5.93. The Bertz CT molecular complexity index is 348. The molecule has 2 heterocycles. The van der Waals surface area contributed by atoms with E-state index in [1.54, 1.807) is 6.20 Å². The van der Waals surface area contributed by atoms with E-state index in [0.29, 0.717) is 24.5 Å². The van der Waals surface area contributed by atoms with Gasteiger partial charge in [0.05, 0.1) is 6.04 Å². The smallest absolute Gasteiger partial charge is 0.235 e. The van der Waals surface area contributed by atoms with Gasteiger partial charge < -0.3 is 4.74 Å². The van der Waals surface area contributed by atoms with Crippen LogP contribution >= 0.6 is 0 Å². The predicted molar refractivity (Wildman–Crippen MR) is 60.0 cm³/mol. The second kappa shape index (κ2) is 4.43. The summed E-state index contributed by atoms with van der Waals surface area (Å²) in [5.41, 5.74) is 0.836. The molecule has 2 atom stereocenters. The van der Waals surface area contributed by atoms with Crippen molar-refractivity contribution in [3.63, 3.8) is 0 Å². The molecule has 80 valence electrons. The zero-order valence-electron chi connectivity index (χ0n) is 9.18. The maximum absolute atomic E-state index is 5.56. The van der Waals surface area contributed by atoms with Crippen molar-refractivity contribution in [2.75, 3.05) is 6.61 Å². The highest BCUT2D eigenvalue weighted by Crippen LogP contribution is 2.18. The van der Waals surface area contributed by atoms with Gasteiger partial charge in [-0.25, -0.2) is 4.99 Å². The minimum atomic E-state index is 0.298. The molecule has 1 aliphatic rings. The first kappa shape index (κ1) is 10.1. The molecule has 0 saturated carbocycles. The third kappa shape index (κ3) is 2.17. The van der Waals surface area contributed by atoms with Crippen molar-refractivity contribution in [1.29, 1.82) is 0 Å². The maximum atomic E-state index is 5.56.